The van der Waals surface area contributed by atoms with Crippen molar-refractivity contribution >= 4 is 51.8 Å². The number of halogens is 1. The molecule has 0 saturated carbocycles. The zero-order chi connectivity index (χ0) is 18.0. The SMILES string of the molecule is CC(=O)c1ccc(NC(=O)C(C)Sc2nc3ccc(Cl)cc3[nH]2)cc1. The number of benzene rings is 2. The summed E-state index contributed by atoms with van der Waals surface area (Å²) in [4.78, 5) is 31.2. The van der Waals surface area contributed by atoms with Crippen LogP contribution >= 0.6 is 23.4 Å². The molecule has 7 heteroatoms. The zero-order valence-corrected chi connectivity index (χ0v) is 15.2. The first-order chi connectivity index (χ1) is 11.9. The Morgan fingerprint density at radius 1 is 1.20 bits per heavy atom. The normalized spacial score (nSPS) is 12.1. The van der Waals surface area contributed by atoms with E-state index in [1.54, 1.807) is 36.4 Å². The fourth-order valence-corrected chi connectivity index (χ4v) is 3.26. The number of rotatable bonds is 5. The number of aromatic amines is 1. The van der Waals surface area contributed by atoms with Crippen molar-refractivity contribution in [3.8, 4) is 0 Å². The number of aromatic nitrogens is 2. The Morgan fingerprint density at radius 2 is 1.92 bits per heavy atom. The van der Waals surface area contributed by atoms with Crippen molar-refractivity contribution < 1.29 is 9.59 Å². The van der Waals surface area contributed by atoms with Crippen LogP contribution in [0, 0.1) is 0 Å². The molecule has 0 aliphatic carbocycles. The standard InChI is InChI=1S/C18H16ClN3O2S/c1-10(23)12-3-6-14(7-4-12)20-17(24)11(2)25-18-21-15-8-5-13(19)9-16(15)22-18/h3-9,11H,1-2H3,(H,20,24)(H,21,22). The molecule has 2 aromatic carbocycles. The highest BCUT2D eigenvalue weighted by atomic mass is 35.5. The summed E-state index contributed by atoms with van der Waals surface area (Å²) in [7, 11) is 0. The van der Waals surface area contributed by atoms with Gasteiger partial charge in [-0.3, -0.25) is 9.59 Å². The lowest BCUT2D eigenvalue weighted by atomic mass is 10.1. The average molecular weight is 374 g/mol. The molecule has 2 N–H and O–H groups in total. The summed E-state index contributed by atoms with van der Waals surface area (Å²) in [5.74, 6) is -0.147. The van der Waals surface area contributed by atoms with Crippen LogP contribution in [0.1, 0.15) is 24.2 Å². The molecule has 3 aromatic rings. The fraction of sp³-hybridized carbons (Fsp3) is 0.167. The number of fused-ring (bicyclic) bond motifs is 1. The van der Waals surface area contributed by atoms with Crippen molar-refractivity contribution in [3.05, 3.63) is 53.1 Å². The van der Waals surface area contributed by atoms with Crippen LogP contribution in [0.5, 0.6) is 0 Å². The molecule has 0 spiro atoms. The predicted octanol–water partition coefficient (Wildman–Crippen LogP) is 4.54. The van der Waals surface area contributed by atoms with Gasteiger partial charge in [-0.05, 0) is 56.3 Å². The first-order valence-electron chi connectivity index (χ1n) is 7.66. The zero-order valence-electron chi connectivity index (χ0n) is 13.7. The van der Waals surface area contributed by atoms with Crippen molar-refractivity contribution in [1.29, 1.82) is 0 Å². The Hall–Kier alpha value is -2.31. The highest BCUT2D eigenvalue weighted by Crippen LogP contribution is 2.25. The summed E-state index contributed by atoms with van der Waals surface area (Å²) in [5, 5.41) is 3.78. The molecule has 25 heavy (non-hydrogen) atoms. The number of hydrogen-bond donors (Lipinski definition) is 2. The molecule has 0 aliphatic rings. The minimum absolute atomic E-state index is 0.00760. The van der Waals surface area contributed by atoms with E-state index in [-0.39, 0.29) is 16.9 Å². The topological polar surface area (TPSA) is 74.8 Å². The lowest BCUT2D eigenvalue weighted by Gasteiger charge is -2.10. The summed E-state index contributed by atoms with van der Waals surface area (Å²) >= 11 is 7.30. The Balaban J connectivity index is 1.66. The van der Waals surface area contributed by atoms with E-state index in [0.29, 0.717) is 21.4 Å². The van der Waals surface area contributed by atoms with E-state index in [0.717, 1.165) is 11.0 Å². The Kier molecular flexibility index (Phi) is 5.11. The van der Waals surface area contributed by atoms with Crippen LogP contribution in [0.2, 0.25) is 5.02 Å². The number of carbonyl (C=O) groups is 2. The molecule has 0 radical (unpaired) electrons. The number of imidazole rings is 1. The number of amides is 1. The van der Waals surface area contributed by atoms with E-state index in [1.807, 2.05) is 13.0 Å². The van der Waals surface area contributed by atoms with Crippen LogP contribution < -0.4 is 5.32 Å². The minimum Gasteiger partial charge on any atom is -0.333 e. The number of anilines is 1. The first-order valence-corrected chi connectivity index (χ1v) is 8.92. The van der Waals surface area contributed by atoms with Gasteiger partial charge in [0.05, 0.1) is 16.3 Å². The van der Waals surface area contributed by atoms with Gasteiger partial charge >= 0.3 is 0 Å². The van der Waals surface area contributed by atoms with Crippen LogP contribution in [0.25, 0.3) is 11.0 Å². The highest BCUT2D eigenvalue weighted by Gasteiger charge is 2.17. The lowest BCUT2D eigenvalue weighted by Crippen LogP contribution is -2.22. The molecule has 3 rings (SSSR count). The molecule has 128 valence electrons. The molecule has 1 atom stereocenters. The van der Waals surface area contributed by atoms with E-state index in [1.165, 1.54) is 18.7 Å². The van der Waals surface area contributed by atoms with Gasteiger partial charge in [-0.1, -0.05) is 23.4 Å². The van der Waals surface area contributed by atoms with Gasteiger partial charge in [-0.2, -0.15) is 0 Å². The number of carbonyl (C=O) groups excluding carboxylic acids is 2. The van der Waals surface area contributed by atoms with Gasteiger partial charge < -0.3 is 10.3 Å². The lowest BCUT2D eigenvalue weighted by molar-refractivity contribution is -0.115. The maximum Gasteiger partial charge on any atom is 0.237 e. The van der Waals surface area contributed by atoms with Gasteiger partial charge in [0.25, 0.3) is 0 Å². The average Bonchev–Trinajstić information content (AvgIpc) is 2.96. The second-order valence-electron chi connectivity index (χ2n) is 5.59. The summed E-state index contributed by atoms with van der Waals surface area (Å²) in [5.41, 5.74) is 2.90. The number of ketones is 1. The Morgan fingerprint density at radius 3 is 2.60 bits per heavy atom. The van der Waals surface area contributed by atoms with Crippen molar-refractivity contribution in [2.24, 2.45) is 0 Å². The molecule has 0 bridgehead atoms. The second kappa shape index (κ2) is 7.29. The van der Waals surface area contributed by atoms with Gasteiger partial charge in [0.1, 0.15) is 0 Å². The van der Waals surface area contributed by atoms with Crippen molar-refractivity contribution in [1.82, 2.24) is 9.97 Å². The molecule has 0 aliphatic heterocycles. The maximum atomic E-state index is 12.3. The van der Waals surface area contributed by atoms with Crippen LogP contribution in [-0.2, 0) is 4.79 Å². The van der Waals surface area contributed by atoms with Gasteiger partial charge in [0, 0.05) is 16.3 Å². The van der Waals surface area contributed by atoms with Gasteiger partial charge in [0.2, 0.25) is 5.91 Å². The van der Waals surface area contributed by atoms with Crippen molar-refractivity contribution in [2.75, 3.05) is 5.32 Å². The molecule has 5 nitrogen and oxygen atoms in total. The summed E-state index contributed by atoms with van der Waals surface area (Å²) in [6.45, 7) is 3.32. The third-order valence-electron chi connectivity index (χ3n) is 3.64. The second-order valence-corrected chi connectivity index (χ2v) is 7.35. The fourth-order valence-electron chi connectivity index (χ4n) is 2.27. The van der Waals surface area contributed by atoms with Crippen LogP contribution in [0.4, 0.5) is 5.69 Å². The van der Waals surface area contributed by atoms with Crippen LogP contribution in [0.15, 0.2) is 47.6 Å². The van der Waals surface area contributed by atoms with Crippen molar-refractivity contribution in [2.45, 2.75) is 24.3 Å². The number of thioether (sulfide) groups is 1. The number of hydrogen-bond acceptors (Lipinski definition) is 4. The van der Waals surface area contributed by atoms with Gasteiger partial charge in [-0.15, -0.1) is 0 Å². The maximum absolute atomic E-state index is 12.3. The van der Waals surface area contributed by atoms with E-state index < -0.39 is 0 Å². The van der Waals surface area contributed by atoms with E-state index in [2.05, 4.69) is 15.3 Å². The summed E-state index contributed by atoms with van der Waals surface area (Å²) < 4.78 is 0. The highest BCUT2D eigenvalue weighted by molar-refractivity contribution is 8.00. The molecular weight excluding hydrogens is 358 g/mol. The first kappa shape index (κ1) is 17.5. The summed E-state index contributed by atoms with van der Waals surface area (Å²) in [6.07, 6.45) is 0. The molecule has 1 amide bonds. The molecule has 1 aromatic heterocycles. The Bertz CT molecular complexity index is 937. The predicted molar refractivity (Wildman–Crippen MR) is 101 cm³/mol. The van der Waals surface area contributed by atoms with E-state index in [4.69, 9.17) is 11.6 Å². The molecule has 0 saturated heterocycles. The molecule has 1 unspecified atom stereocenters. The monoisotopic (exact) mass is 373 g/mol. The largest absolute Gasteiger partial charge is 0.333 e. The summed E-state index contributed by atoms with van der Waals surface area (Å²) in [6, 6.07) is 12.2. The number of nitrogens with one attached hydrogen (secondary N) is 2. The third-order valence-corrected chi connectivity index (χ3v) is 4.86. The van der Waals surface area contributed by atoms with E-state index in [9.17, 15) is 9.59 Å². The smallest absolute Gasteiger partial charge is 0.237 e. The van der Waals surface area contributed by atoms with E-state index >= 15 is 0 Å². The molecular formula is C18H16ClN3O2S. The molecule has 1 heterocycles. The number of H-pyrrole nitrogens is 1. The minimum atomic E-state index is -0.344. The quantitative estimate of drug-likeness (QED) is 0.508. The van der Waals surface area contributed by atoms with Gasteiger partial charge in [-0.25, -0.2) is 4.98 Å². The third kappa shape index (κ3) is 4.21. The molecule has 0 fully saturated rings. The van der Waals surface area contributed by atoms with Crippen molar-refractivity contribution in [3.63, 3.8) is 0 Å². The van der Waals surface area contributed by atoms with Crippen LogP contribution in [-0.4, -0.2) is 26.9 Å². The Labute approximate surface area is 154 Å². The van der Waals surface area contributed by atoms with Gasteiger partial charge in [0.15, 0.2) is 10.9 Å². The number of Topliss-reactive ketones (excluding diaryl/α,β-unsaturated/α-hetero) is 1. The van der Waals surface area contributed by atoms with Crippen LogP contribution in [0.3, 0.4) is 0 Å². The number of nitrogens with zero attached hydrogens (tertiary/aromatic N) is 1.